The van der Waals surface area contributed by atoms with Crippen molar-refractivity contribution in [2.75, 3.05) is 13.0 Å². The predicted octanol–water partition coefficient (Wildman–Crippen LogP) is -0.269. The highest BCUT2D eigenvalue weighted by Gasteiger charge is 2.06. The quantitative estimate of drug-likeness (QED) is 0.448. The summed E-state index contributed by atoms with van der Waals surface area (Å²) in [6.45, 7) is -4.23. The summed E-state index contributed by atoms with van der Waals surface area (Å²) in [6.07, 6.45) is -7.63. The van der Waals surface area contributed by atoms with Crippen LogP contribution in [0.1, 0.15) is 22.4 Å². The van der Waals surface area contributed by atoms with Crippen LogP contribution in [0.15, 0.2) is 0 Å². The summed E-state index contributed by atoms with van der Waals surface area (Å²) in [4.78, 5) is 0. The molecule has 0 aromatic heterocycles. The van der Waals surface area contributed by atoms with Crippen LogP contribution in [0, 0.1) is 0 Å². The zero-order chi connectivity index (χ0) is 11.4. The van der Waals surface area contributed by atoms with Gasteiger partial charge in [-0.05, 0) is 25.8 Å². The molecule has 1 aliphatic rings. The molecule has 3 atom stereocenters. The summed E-state index contributed by atoms with van der Waals surface area (Å²) in [6, 6.07) is 0. The minimum atomic E-state index is -2.94. The molecule has 0 radical (unpaired) electrons. The fraction of sp³-hybridized carbons (Fsp3) is 1.00. The molecule has 3 unspecified atom stereocenters. The second-order valence-electron chi connectivity index (χ2n) is 1.11. The monoisotopic (exact) mass is 108 g/mol. The average Bonchev–Trinajstić information content (AvgIpc) is 1.99. The van der Waals surface area contributed by atoms with Gasteiger partial charge in [-0.1, -0.05) is 0 Å². The van der Waals surface area contributed by atoms with Crippen molar-refractivity contribution < 1.29 is 14.7 Å². The first-order valence-electron chi connectivity index (χ1n) is 5.53. The van der Waals surface area contributed by atoms with Gasteiger partial charge in [0.25, 0.3) is 0 Å². The Morgan fingerprint density at radius 3 is 3.71 bits per heavy atom. The van der Waals surface area contributed by atoms with Crippen LogP contribution in [-0.4, -0.2) is 24.2 Å². The molecule has 2 nitrogen and oxygen atoms in total. The minimum absolute atomic E-state index is 1.78. The van der Waals surface area contributed by atoms with Gasteiger partial charge in [-0.2, -0.15) is 0 Å². The molecule has 1 heterocycles. The number of piperidine rings is 1. The topological polar surface area (TPSA) is 32.3 Å². The highest BCUT2D eigenvalue weighted by Crippen LogP contribution is 1.99. The Bertz CT molecular complexity index is 242. The van der Waals surface area contributed by atoms with E-state index in [2.05, 4.69) is 0 Å². The van der Waals surface area contributed by atoms with Gasteiger partial charge in [-0.3, -0.25) is 0 Å². The smallest absolute Gasteiger partial charge is 0.0601 e. The average molecular weight is 108 g/mol. The molecule has 1 aliphatic heterocycles. The molecule has 42 valence electrons. The van der Waals surface area contributed by atoms with Gasteiger partial charge in [0.2, 0.25) is 0 Å². The van der Waals surface area contributed by atoms with Gasteiger partial charge >= 0.3 is 0 Å². The SMILES string of the molecule is [2H]C1NC([2H])([2H])C([2H])C([2H])(O)C1([2H])[2H]. The normalized spacial score (nSPS) is 93.6. The molecular weight excluding hydrogens is 90.1 g/mol. The fourth-order valence-corrected chi connectivity index (χ4v) is 0.303. The third-order valence-corrected chi connectivity index (χ3v) is 0.584. The summed E-state index contributed by atoms with van der Waals surface area (Å²) in [5, 5.41) is 11.3. The molecule has 0 bridgehead atoms. The lowest BCUT2D eigenvalue weighted by Gasteiger charge is -2.16. The molecule has 0 amide bonds. The number of aliphatic hydroxyl groups is 1. The lowest BCUT2D eigenvalue weighted by atomic mass is 10.1. The van der Waals surface area contributed by atoms with Gasteiger partial charge in [0.15, 0.2) is 0 Å². The summed E-state index contributed by atoms with van der Waals surface area (Å²) in [5.41, 5.74) is 0. The van der Waals surface area contributed by atoms with Gasteiger partial charge in [0.05, 0.1) is 7.45 Å². The first-order valence-corrected chi connectivity index (χ1v) is 1.88. The van der Waals surface area contributed by atoms with Crippen LogP contribution in [-0.2, 0) is 0 Å². The number of rotatable bonds is 0. The summed E-state index contributed by atoms with van der Waals surface area (Å²) in [5.74, 6) is 0. The van der Waals surface area contributed by atoms with Crippen molar-refractivity contribution in [3.63, 3.8) is 0 Å². The predicted molar refractivity (Wildman–Crippen MR) is 28.1 cm³/mol. The van der Waals surface area contributed by atoms with E-state index in [-0.39, 0.29) is 0 Å². The Labute approximate surface area is 53.4 Å². The van der Waals surface area contributed by atoms with Crippen LogP contribution in [0.25, 0.3) is 0 Å². The Morgan fingerprint density at radius 1 is 2.00 bits per heavy atom. The number of nitrogens with one attached hydrogen (secondary N) is 1. The van der Waals surface area contributed by atoms with E-state index in [9.17, 15) is 5.11 Å². The van der Waals surface area contributed by atoms with E-state index in [1.54, 1.807) is 0 Å². The maximum atomic E-state index is 9.38. The van der Waals surface area contributed by atoms with E-state index >= 15 is 0 Å². The first kappa shape index (κ1) is 1.25. The van der Waals surface area contributed by atoms with E-state index < -0.39 is 31.9 Å². The second-order valence-corrected chi connectivity index (χ2v) is 1.11. The van der Waals surface area contributed by atoms with Crippen molar-refractivity contribution in [2.24, 2.45) is 0 Å². The van der Waals surface area contributed by atoms with Crippen LogP contribution < -0.4 is 5.32 Å². The van der Waals surface area contributed by atoms with Crippen LogP contribution in [0.2, 0.25) is 0 Å². The molecule has 1 rings (SSSR count). The van der Waals surface area contributed by atoms with Gasteiger partial charge < -0.3 is 10.4 Å². The summed E-state index contributed by atoms with van der Waals surface area (Å²) >= 11 is 0. The molecule has 0 spiro atoms. The van der Waals surface area contributed by atoms with E-state index in [1.807, 2.05) is 5.32 Å². The zero-order valence-corrected chi connectivity index (χ0v) is 3.60. The third-order valence-electron chi connectivity index (χ3n) is 0.584. The highest BCUT2D eigenvalue weighted by molar-refractivity contribution is 4.65. The first-order chi connectivity index (χ1) is 6.03. The lowest BCUT2D eigenvalue weighted by molar-refractivity contribution is 0.137. The molecule has 2 heteroatoms. The van der Waals surface area contributed by atoms with Gasteiger partial charge in [-0.25, -0.2) is 0 Å². The molecule has 0 aromatic rings. The zero-order valence-electron chi connectivity index (χ0n) is 10.6. The molecular formula is C5H11NO. The van der Waals surface area contributed by atoms with Crippen molar-refractivity contribution >= 4 is 0 Å². The van der Waals surface area contributed by atoms with E-state index in [0.717, 1.165) is 0 Å². The molecule has 7 heavy (non-hydrogen) atoms. The summed E-state index contributed by atoms with van der Waals surface area (Å²) < 4.78 is 50.5. The molecule has 0 saturated carbocycles. The van der Waals surface area contributed by atoms with Crippen molar-refractivity contribution in [1.29, 1.82) is 0 Å². The molecule has 1 fully saturated rings. The van der Waals surface area contributed by atoms with Crippen molar-refractivity contribution in [1.82, 2.24) is 5.32 Å². The van der Waals surface area contributed by atoms with Gasteiger partial charge in [0, 0.05) is 8.22 Å². The Hall–Kier alpha value is -0.0800. The Kier molecular flexibility index (Phi) is 0.408. The largest absolute Gasteiger partial charge is 0.393 e. The van der Waals surface area contributed by atoms with E-state index in [0.29, 0.717) is 0 Å². The Balaban J connectivity index is 3.12. The van der Waals surface area contributed by atoms with Gasteiger partial charge in [0.1, 0.15) is 0 Å². The molecule has 1 saturated heterocycles. The minimum Gasteiger partial charge on any atom is -0.393 e. The van der Waals surface area contributed by atoms with Crippen molar-refractivity contribution in [3.8, 4) is 0 Å². The van der Waals surface area contributed by atoms with E-state index in [1.165, 1.54) is 0 Å². The highest BCUT2D eigenvalue weighted by atomic mass is 16.3. The summed E-state index contributed by atoms with van der Waals surface area (Å²) in [7, 11) is 0. The van der Waals surface area contributed by atoms with Crippen LogP contribution in [0.3, 0.4) is 0 Å². The van der Waals surface area contributed by atoms with E-state index in [4.69, 9.17) is 9.60 Å². The maximum absolute atomic E-state index is 9.38. The molecule has 0 aromatic carbocycles. The lowest BCUT2D eigenvalue weighted by Crippen LogP contribution is -2.30. The van der Waals surface area contributed by atoms with Crippen LogP contribution in [0.5, 0.6) is 0 Å². The number of hydrogen-bond donors (Lipinski definition) is 2. The van der Waals surface area contributed by atoms with Crippen molar-refractivity contribution in [2.45, 2.75) is 18.8 Å². The molecule has 2 N–H and O–H groups in total. The second kappa shape index (κ2) is 2.28. The Morgan fingerprint density at radius 2 is 2.86 bits per heavy atom. The van der Waals surface area contributed by atoms with Crippen molar-refractivity contribution in [3.05, 3.63) is 0 Å². The van der Waals surface area contributed by atoms with Gasteiger partial charge in [-0.15, -0.1) is 0 Å². The van der Waals surface area contributed by atoms with Crippen LogP contribution in [0.4, 0.5) is 0 Å². The molecule has 0 aliphatic carbocycles. The standard InChI is InChI=1S/C5H11NO/c7-5-1-3-6-4-2-5/h5-7H,1-4H2/i1D,2D2,3D2,4D,5D. The fourth-order valence-electron chi connectivity index (χ4n) is 0.303. The number of hydrogen-bond acceptors (Lipinski definition) is 2. The maximum Gasteiger partial charge on any atom is 0.0601 e. The third kappa shape index (κ3) is 1.45. The van der Waals surface area contributed by atoms with Crippen LogP contribution >= 0.6 is 0 Å².